The molecule has 3 aromatic rings. The van der Waals surface area contributed by atoms with Crippen molar-refractivity contribution in [3.05, 3.63) is 89.7 Å². The Morgan fingerprint density at radius 3 is 2.43 bits per heavy atom. The summed E-state index contributed by atoms with van der Waals surface area (Å²) in [5, 5.41) is 30.7. The molecule has 0 bridgehead atoms. The lowest BCUT2D eigenvalue weighted by Crippen LogP contribution is -2.27. The van der Waals surface area contributed by atoms with Gasteiger partial charge in [0.1, 0.15) is 24.0 Å². The topological polar surface area (TPSA) is 73.2 Å². The van der Waals surface area contributed by atoms with Gasteiger partial charge in [-0.25, -0.2) is 4.39 Å². The quantitative estimate of drug-likeness (QED) is 0.553. The maximum absolute atomic E-state index is 13.1. The fourth-order valence-electron chi connectivity index (χ4n) is 3.97. The van der Waals surface area contributed by atoms with Gasteiger partial charge in [-0.1, -0.05) is 30.3 Å². The molecule has 156 valence electrons. The molecule has 0 aliphatic carbocycles. The van der Waals surface area contributed by atoms with Crippen LogP contribution in [-0.2, 0) is 4.74 Å². The van der Waals surface area contributed by atoms with Gasteiger partial charge in [0.25, 0.3) is 0 Å². The Balaban J connectivity index is 1.57. The van der Waals surface area contributed by atoms with Crippen molar-refractivity contribution in [2.75, 3.05) is 11.6 Å². The molecule has 3 unspecified atom stereocenters. The van der Waals surface area contributed by atoms with Crippen LogP contribution in [0.25, 0.3) is 0 Å². The normalized spacial score (nSPS) is 19.7. The number of phenols is 2. The van der Waals surface area contributed by atoms with Crippen molar-refractivity contribution in [2.24, 2.45) is 0 Å². The molecule has 0 spiro atoms. The van der Waals surface area contributed by atoms with Gasteiger partial charge in [-0.15, -0.1) is 0 Å². The van der Waals surface area contributed by atoms with Crippen LogP contribution < -0.4 is 4.90 Å². The van der Waals surface area contributed by atoms with Crippen LogP contribution in [0, 0.1) is 5.82 Å². The van der Waals surface area contributed by atoms with Gasteiger partial charge in [-0.05, 0) is 54.8 Å². The molecular weight excluding hydrogens is 385 g/mol. The third-order valence-corrected chi connectivity index (χ3v) is 5.52. The van der Waals surface area contributed by atoms with Crippen LogP contribution in [-0.4, -0.2) is 28.2 Å². The monoisotopic (exact) mass is 409 g/mol. The SMILES string of the molecule is Oc1ccc(C2C(CCC(O)c3ccc(F)cc3)OCN2c2ccccc2)c(O)c1. The minimum Gasteiger partial charge on any atom is -0.508 e. The maximum atomic E-state index is 13.1. The highest BCUT2D eigenvalue weighted by molar-refractivity contribution is 5.53. The van der Waals surface area contributed by atoms with Gasteiger partial charge in [0.15, 0.2) is 0 Å². The van der Waals surface area contributed by atoms with Crippen LogP contribution in [0.2, 0.25) is 0 Å². The van der Waals surface area contributed by atoms with E-state index in [1.165, 1.54) is 18.2 Å². The summed E-state index contributed by atoms with van der Waals surface area (Å²) >= 11 is 0. The summed E-state index contributed by atoms with van der Waals surface area (Å²) in [4.78, 5) is 2.06. The van der Waals surface area contributed by atoms with Gasteiger partial charge in [-0.3, -0.25) is 0 Å². The molecule has 0 radical (unpaired) electrons. The van der Waals surface area contributed by atoms with E-state index in [1.54, 1.807) is 24.3 Å². The molecule has 0 amide bonds. The van der Waals surface area contributed by atoms with E-state index in [4.69, 9.17) is 4.74 Å². The number of hydrogen-bond donors (Lipinski definition) is 3. The zero-order valence-electron chi connectivity index (χ0n) is 16.4. The van der Waals surface area contributed by atoms with Crippen LogP contribution >= 0.6 is 0 Å². The number of ether oxygens (including phenoxy) is 1. The van der Waals surface area contributed by atoms with Crippen molar-refractivity contribution in [1.82, 2.24) is 0 Å². The predicted molar refractivity (Wildman–Crippen MR) is 112 cm³/mol. The summed E-state index contributed by atoms with van der Waals surface area (Å²) in [5.41, 5.74) is 2.25. The number of phenolic OH excluding ortho intramolecular Hbond substituents is 2. The lowest BCUT2D eigenvalue weighted by molar-refractivity contribution is 0.0746. The first-order valence-electron chi connectivity index (χ1n) is 9.91. The summed E-state index contributed by atoms with van der Waals surface area (Å²) in [6.45, 7) is 0.340. The second-order valence-electron chi connectivity index (χ2n) is 7.47. The fraction of sp³-hybridized carbons (Fsp3) is 0.250. The maximum Gasteiger partial charge on any atom is 0.124 e. The van der Waals surface area contributed by atoms with Crippen LogP contribution in [0.4, 0.5) is 10.1 Å². The van der Waals surface area contributed by atoms with Crippen molar-refractivity contribution in [2.45, 2.75) is 31.1 Å². The summed E-state index contributed by atoms with van der Waals surface area (Å²) in [7, 11) is 0. The molecule has 3 N–H and O–H groups in total. The number of benzene rings is 3. The van der Waals surface area contributed by atoms with E-state index in [9.17, 15) is 19.7 Å². The summed E-state index contributed by atoms with van der Waals surface area (Å²) in [6, 6.07) is 19.9. The van der Waals surface area contributed by atoms with Crippen molar-refractivity contribution in [1.29, 1.82) is 0 Å². The Morgan fingerprint density at radius 1 is 1.00 bits per heavy atom. The van der Waals surface area contributed by atoms with Crippen molar-refractivity contribution < 1.29 is 24.4 Å². The Morgan fingerprint density at radius 2 is 1.73 bits per heavy atom. The summed E-state index contributed by atoms with van der Waals surface area (Å²) < 4.78 is 19.2. The van der Waals surface area contributed by atoms with Gasteiger partial charge >= 0.3 is 0 Å². The average molecular weight is 409 g/mol. The fourth-order valence-corrected chi connectivity index (χ4v) is 3.97. The van der Waals surface area contributed by atoms with E-state index >= 15 is 0 Å². The molecule has 6 heteroatoms. The third kappa shape index (κ3) is 4.25. The van der Waals surface area contributed by atoms with Crippen molar-refractivity contribution in [3.8, 4) is 11.5 Å². The Labute approximate surface area is 174 Å². The highest BCUT2D eigenvalue weighted by atomic mass is 19.1. The largest absolute Gasteiger partial charge is 0.508 e. The minimum absolute atomic E-state index is 0.00415. The van der Waals surface area contributed by atoms with E-state index in [0.717, 1.165) is 5.69 Å². The molecule has 3 atom stereocenters. The second kappa shape index (κ2) is 8.73. The first kappa shape index (κ1) is 20.2. The standard InChI is InChI=1S/C24H24FNO4/c25-17-8-6-16(7-9-17)21(28)12-13-23-24(20-11-10-19(27)14-22(20)29)26(15-30-23)18-4-2-1-3-5-18/h1-11,14,21,23-24,27-29H,12-13,15H2. The molecule has 1 aliphatic rings. The van der Waals surface area contributed by atoms with Gasteiger partial charge in [0.2, 0.25) is 0 Å². The molecule has 1 fully saturated rings. The van der Waals surface area contributed by atoms with Crippen LogP contribution in [0.3, 0.4) is 0 Å². The molecule has 30 heavy (non-hydrogen) atoms. The average Bonchev–Trinajstić information content (AvgIpc) is 3.17. The number of aliphatic hydroxyl groups is 1. The Hall–Kier alpha value is -3.09. The van der Waals surface area contributed by atoms with E-state index < -0.39 is 6.10 Å². The number of anilines is 1. The Bertz CT molecular complexity index is 980. The van der Waals surface area contributed by atoms with Crippen molar-refractivity contribution >= 4 is 5.69 Å². The van der Waals surface area contributed by atoms with Gasteiger partial charge in [-0.2, -0.15) is 0 Å². The molecule has 0 saturated carbocycles. The number of nitrogens with zero attached hydrogens (tertiary/aromatic N) is 1. The lowest BCUT2D eigenvalue weighted by atomic mass is 9.94. The molecular formula is C24H24FNO4. The Kier molecular flexibility index (Phi) is 5.88. The van der Waals surface area contributed by atoms with Crippen LogP contribution in [0.1, 0.15) is 36.1 Å². The molecule has 0 aromatic heterocycles. The number of rotatable bonds is 6. The predicted octanol–water partition coefficient (Wildman–Crippen LogP) is 4.65. The van der Waals surface area contributed by atoms with E-state index in [0.29, 0.717) is 30.7 Å². The van der Waals surface area contributed by atoms with Crippen LogP contribution in [0.15, 0.2) is 72.8 Å². The van der Waals surface area contributed by atoms with E-state index in [1.807, 2.05) is 30.3 Å². The first-order chi connectivity index (χ1) is 14.5. The number of aliphatic hydroxyl groups excluding tert-OH is 1. The molecule has 4 rings (SSSR count). The molecule has 1 heterocycles. The van der Waals surface area contributed by atoms with E-state index in [2.05, 4.69) is 4.90 Å². The minimum atomic E-state index is -0.742. The smallest absolute Gasteiger partial charge is 0.124 e. The number of hydrogen-bond acceptors (Lipinski definition) is 5. The third-order valence-electron chi connectivity index (χ3n) is 5.52. The molecule has 3 aromatic carbocycles. The molecule has 1 saturated heterocycles. The van der Waals surface area contributed by atoms with Gasteiger partial charge < -0.3 is 25.0 Å². The van der Waals surface area contributed by atoms with E-state index in [-0.39, 0.29) is 29.5 Å². The highest BCUT2D eigenvalue weighted by Gasteiger charge is 2.38. The first-order valence-corrected chi connectivity index (χ1v) is 9.91. The number of halogens is 1. The molecule has 5 nitrogen and oxygen atoms in total. The zero-order valence-corrected chi connectivity index (χ0v) is 16.4. The summed E-state index contributed by atoms with van der Waals surface area (Å²) in [5.74, 6) is -0.355. The second-order valence-corrected chi connectivity index (χ2v) is 7.47. The number of para-hydroxylation sites is 1. The van der Waals surface area contributed by atoms with Gasteiger partial charge in [0, 0.05) is 17.3 Å². The zero-order chi connectivity index (χ0) is 21.1. The van der Waals surface area contributed by atoms with Gasteiger partial charge in [0.05, 0.1) is 18.2 Å². The molecule has 1 aliphatic heterocycles. The van der Waals surface area contributed by atoms with Crippen LogP contribution in [0.5, 0.6) is 11.5 Å². The number of aromatic hydroxyl groups is 2. The lowest BCUT2D eigenvalue weighted by Gasteiger charge is -2.29. The van der Waals surface area contributed by atoms with Crippen molar-refractivity contribution in [3.63, 3.8) is 0 Å². The summed E-state index contributed by atoms with van der Waals surface area (Å²) in [6.07, 6.45) is -0.0639. The highest BCUT2D eigenvalue weighted by Crippen LogP contribution is 2.42.